The van der Waals surface area contributed by atoms with Crippen molar-refractivity contribution in [1.82, 2.24) is 10.6 Å². The van der Waals surface area contributed by atoms with Gasteiger partial charge in [-0.05, 0) is 75.0 Å². The highest BCUT2D eigenvalue weighted by molar-refractivity contribution is 5.36. The molecule has 0 amide bonds. The second kappa shape index (κ2) is 7.66. The lowest BCUT2D eigenvalue weighted by Gasteiger charge is -2.21. The normalized spacial score (nSPS) is 13.0. The van der Waals surface area contributed by atoms with E-state index in [1.54, 1.807) is 0 Å². The van der Waals surface area contributed by atoms with Gasteiger partial charge in [-0.3, -0.25) is 0 Å². The summed E-state index contributed by atoms with van der Waals surface area (Å²) < 4.78 is 0. The molecular weight excluding hydrogens is 232 g/mol. The fourth-order valence-corrected chi connectivity index (χ4v) is 2.41. The molecule has 0 aliphatic carbocycles. The molecule has 1 aromatic rings. The molecule has 0 saturated carbocycles. The van der Waals surface area contributed by atoms with E-state index in [1.165, 1.54) is 22.3 Å². The van der Waals surface area contributed by atoms with Crippen molar-refractivity contribution < 1.29 is 0 Å². The number of aryl methyl sites for hydroxylation is 3. The first kappa shape index (κ1) is 16.2. The molecule has 1 atom stereocenters. The topological polar surface area (TPSA) is 24.1 Å². The highest BCUT2D eigenvalue weighted by Gasteiger charge is 2.12. The van der Waals surface area contributed by atoms with Gasteiger partial charge in [-0.2, -0.15) is 0 Å². The Morgan fingerprint density at radius 2 is 1.58 bits per heavy atom. The average molecular weight is 262 g/mol. The summed E-state index contributed by atoms with van der Waals surface area (Å²) in [7, 11) is 2.03. The molecule has 1 aromatic carbocycles. The van der Waals surface area contributed by atoms with Gasteiger partial charge < -0.3 is 10.6 Å². The molecule has 0 aliphatic heterocycles. The number of hydrogen-bond donors (Lipinski definition) is 2. The smallest absolute Gasteiger partial charge is 0.0208 e. The SMILES string of the molecule is CNCC(CNCc1cc(C)c(C)cc1C)C(C)C. The van der Waals surface area contributed by atoms with Crippen LogP contribution in [0.5, 0.6) is 0 Å². The van der Waals surface area contributed by atoms with Crippen LogP contribution in [0.25, 0.3) is 0 Å². The van der Waals surface area contributed by atoms with Crippen molar-refractivity contribution in [3.05, 3.63) is 34.4 Å². The van der Waals surface area contributed by atoms with Gasteiger partial charge in [0.2, 0.25) is 0 Å². The molecule has 2 heteroatoms. The summed E-state index contributed by atoms with van der Waals surface area (Å²) in [6, 6.07) is 4.61. The molecule has 1 unspecified atom stereocenters. The van der Waals surface area contributed by atoms with Crippen molar-refractivity contribution in [2.75, 3.05) is 20.1 Å². The van der Waals surface area contributed by atoms with Gasteiger partial charge in [0.15, 0.2) is 0 Å². The first-order valence-electron chi connectivity index (χ1n) is 7.37. The van der Waals surface area contributed by atoms with Gasteiger partial charge >= 0.3 is 0 Å². The highest BCUT2D eigenvalue weighted by Crippen LogP contribution is 2.15. The van der Waals surface area contributed by atoms with E-state index in [2.05, 4.69) is 57.4 Å². The number of hydrogen-bond acceptors (Lipinski definition) is 2. The first-order chi connectivity index (χ1) is 8.95. The minimum Gasteiger partial charge on any atom is -0.319 e. The third-order valence-electron chi connectivity index (χ3n) is 4.08. The minimum absolute atomic E-state index is 0.692. The second-order valence-corrected chi connectivity index (χ2v) is 6.06. The number of nitrogens with one attached hydrogen (secondary N) is 2. The maximum absolute atomic E-state index is 3.62. The fourth-order valence-electron chi connectivity index (χ4n) is 2.41. The van der Waals surface area contributed by atoms with Crippen molar-refractivity contribution in [3.8, 4) is 0 Å². The maximum atomic E-state index is 3.62. The largest absolute Gasteiger partial charge is 0.319 e. The predicted octanol–water partition coefficient (Wildman–Crippen LogP) is 3.19. The van der Waals surface area contributed by atoms with E-state index in [0.717, 1.165) is 19.6 Å². The third kappa shape index (κ3) is 4.96. The van der Waals surface area contributed by atoms with Crippen LogP contribution in [-0.4, -0.2) is 20.1 Å². The van der Waals surface area contributed by atoms with Crippen LogP contribution in [0, 0.1) is 32.6 Å². The molecule has 0 spiro atoms. The van der Waals surface area contributed by atoms with Crippen molar-refractivity contribution >= 4 is 0 Å². The van der Waals surface area contributed by atoms with Crippen molar-refractivity contribution in [3.63, 3.8) is 0 Å². The molecule has 0 fully saturated rings. The summed E-state index contributed by atoms with van der Waals surface area (Å²) in [5.41, 5.74) is 5.59. The third-order valence-corrected chi connectivity index (χ3v) is 4.08. The van der Waals surface area contributed by atoms with Crippen molar-refractivity contribution in [1.29, 1.82) is 0 Å². The Bertz CT molecular complexity index is 396. The molecule has 1 rings (SSSR count). The molecule has 0 bridgehead atoms. The van der Waals surface area contributed by atoms with E-state index in [1.807, 2.05) is 7.05 Å². The molecule has 19 heavy (non-hydrogen) atoms. The molecule has 0 aromatic heterocycles. The zero-order valence-electron chi connectivity index (χ0n) is 13.4. The summed E-state index contributed by atoms with van der Waals surface area (Å²) in [4.78, 5) is 0. The van der Waals surface area contributed by atoms with E-state index in [4.69, 9.17) is 0 Å². The summed E-state index contributed by atoms with van der Waals surface area (Å²) in [6.07, 6.45) is 0. The molecule has 2 nitrogen and oxygen atoms in total. The summed E-state index contributed by atoms with van der Waals surface area (Å²) in [5.74, 6) is 1.40. The van der Waals surface area contributed by atoms with E-state index in [-0.39, 0.29) is 0 Å². The van der Waals surface area contributed by atoms with Gasteiger partial charge in [0.1, 0.15) is 0 Å². The Morgan fingerprint density at radius 1 is 0.947 bits per heavy atom. The summed E-state index contributed by atoms with van der Waals surface area (Å²) in [6.45, 7) is 14.3. The van der Waals surface area contributed by atoms with Crippen molar-refractivity contribution in [2.45, 2.75) is 41.2 Å². The van der Waals surface area contributed by atoms with Crippen LogP contribution in [0.4, 0.5) is 0 Å². The first-order valence-corrected chi connectivity index (χ1v) is 7.37. The van der Waals surface area contributed by atoms with Crippen LogP contribution in [0.2, 0.25) is 0 Å². The van der Waals surface area contributed by atoms with E-state index in [0.29, 0.717) is 11.8 Å². The Labute approximate surface area is 119 Å². The average Bonchev–Trinajstić information content (AvgIpc) is 2.34. The summed E-state index contributed by atoms with van der Waals surface area (Å²) >= 11 is 0. The lowest BCUT2D eigenvalue weighted by Crippen LogP contribution is -2.33. The lowest BCUT2D eigenvalue weighted by atomic mass is 9.95. The molecule has 0 saturated heterocycles. The molecule has 0 heterocycles. The molecule has 0 aliphatic rings. The van der Waals surface area contributed by atoms with E-state index < -0.39 is 0 Å². The van der Waals surface area contributed by atoms with Gasteiger partial charge in [0.05, 0.1) is 0 Å². The number of rotatable bonds is 7. The predicted molar refractivity (Wildman–Crippen MR) is 84.6 cm³/mol. The van der Waals surface area contributed by atoms with Crippen LogP contribution >= 0.6 is 0 Å². The quantitative estimate of drug-likeness (QED) is 0.788. The van der Waals surface area contributed by atoms with Crippen LogP contribution in [0.3, 0.4) is 0 Å². The van der Waals surface area contributed by atoms with E-state index >= 15 is 0 Å². The standard InChI is InChI=1S/C17H30N2/c1-12(2)17(9-18-6)11-19-10-16-8-14(4)13(3)7-15(16)5/h7-8,12,17-19H,9-11H2,1-6H3. The van der Waals surface area contributed by atoms with Crippen LogP contribution in [0.15, 0.2) is 12.1 Å². The van der Waals surface area contributed by atoms with Gasteiger partial charge in [-0.25, -0.2) is 0 Å². The summed E-state index contributed by atoms with van der Waals surface area (Å²) in [5, 5.41) is 6.90. The van der Waals surface area contributed by atoms with Gasteiger partial charge in [-0.1, -0.05) is 26.0 Å². The van der Waals surface area contributed by atoms with Gasteiger partial charge in [-0.15, -0.1) is 0 Å². The zero-order chi connectivity index (χ0) is 14.4. The lowest BCUT2D eigenvalue weighted by molar-refractivity contribution is 0.352. The van der Waals surface area contributed by atoms with Crippen molar-refractivity contribution in [2.24, 2.45) is 11.8 Å². The Morgan fingerprint density at radius 3 is 2.16 bits per heavy atom. The Balaban J connectivity index is 2.55. The molecular formula is C17H30N2. The number of benzene rings is 1. The Hall–Kier alpha value is -0.860. The van der Waals surface area contributed by atoms with Gasteiger partial charge in [0, 0.05) is 6.54 Å². The Kier molecular flexibility index (Phi) is 6.53. The minimum atomic E-state index is 0.692. The zero-order valence-corrected chi connectivity index (χ0v) is 13.4. The van der Waals surface area contributed by atoms with Crippen LogP contribution < -0.4 is 10.6 Å². The molecule has 108 valence electrons. The van der Waals surface area contributed by atoms with E-state index in [9.17, 15) is 0 Å². The van der Waals surface area contributed by atoms with Crippen LogP contribution in [0.1, 0.15) is 36.1 Å². The van der Waals surface area contributed by atoms with Crippen LogP contribution in [-0.2, 0) is 6.54 Å². The molecule has 0 radical (unpaired) electrons. The second-order valence-electron chi connectivity index (χ2n) is 6.06. The van der Waals surface area contributed by atoms with Gasteiger partial charge in [0.25, 0.3) is 0 Å². The fraction of sp³-hybridized carbons (Fsp3) is 0.647. The molecule has 2 N–H and O–H groups in total. The maximum Gasteiger partial charge on any atom is 0.0208 e. The monoisotopic (exact) mass is 262 g/mol. The highest BCUT2D eigenvalue weighted by atomic mass is 14.9.